The van der Waals surface area contributed by atoms with Gasteiger partial charge in [-0.2, -0.15) is 0 Å². The SMILES string of the molecule is CCC1CC2C(=O)N(CCOCCN)C(=O)C2C1. The first-order chi connectivity index (χ1) is 8.69. The molecule has 0 aromatic carbocycles. The lowest BCUT2D eigenvalue weighted by Gasteiger charge is -2.17. The van der Waals surface area contributed by atoms with Crippen LogP contribution in [-0.2, 0) is 14.3 Å². The van der Waals surface area contributed by atoms with Crippen LogP contribution in [0.1, 0.15) is 26.2 Å². The summed E-state index contributed by atoms with van der Waals surface area (Å²) in [5.41, 5.74) is 5.31. The van der Waals surface area contributed by atoms with Crippen LogP contribution in [0.4, 0.5) is 0 Å². The predicted molar refractivity (Wildman–Crippen MR) is 66.6 cm³/mol. The molecule has 5 heteroatoms. The van der Waals surface area contributed by atoms with E-state index in [4.69, 9.17) is 10.5 Å². The minimum absolute atomic E-state index is 0.0114. The van der Waals surface area contributed by atoms with Gasteiger partial charge < -0.3 is 10.5 Å². The standard InChI is InChI=1S/C13H22N2O3/c1-2-9-7-10-11(8-9)13(17)15(12(10)16)4-6-18-5-3-14/h9-11H,2-8,14H2,1H3. The van der Waals surface area contributed by atoms with Gasteiger partial charge in [-0.05, 0) is 18.8 Å². The van der Waals surface area contributed by atoms with Crippen molar-refractivity contribution in [2.75, 3.05) is 26.3 Å². The van der Waals surface area contributed by atoms with Gasteiger partial charge in [0.2, 0.25) is 11.8 Å². The Hall–Kier alpha value is -0.940. The topological polar surface area (TPSA) is 72.6 Å². The fraction of sp³-hybridized carbons (Fsp3) is 0.846. The highest BCUT2D eigenvalue weighted by molar-refractivity contribution is 6.05. The van der Waals surface area contributed by atoms with Crippen molar-refractivity contribution < 1.29 is 14.3 Å². The molecule has 2 aliphatic rings. The summed E-state index contributed by atoms with van der Waals surface area (Å²) in [6, 6.07) is 0. The Morgan fingerprint density at radius 1 is 1.22 bits per heavy atom. The number of rotatable bonds is 6. The van der Waals surface area contributed by atoms with E-state index in [1.165, 1.54) is 4.90 Å². The highest BCUT2D eigenvalue weighted by atomic mass is 16.5. The summed E-state index contributed by atoms with van der Waals surface area (Å²) in [4.78, 5) is 25.7. The summed E-state index contributed by atoms with van der Waals surface area (Å²) in [6.45, 7) is 3.83. The minimum Gasteiger partial charge on any atom is -0.378 e. The van der Waals surface area contributed by atoms with E-state index in [0.717, 1.165) is 19.3 Å². The third kappa shape index (κ3) is 2.42. The van der Waals surface area contributed by atoms with Gasteiger partial charge in [0, 0.05) is 6.54 Å². The number of fused-ring (bicyclic) bond motifs is 1. The number of carbonyl (C=O) groups excluding carboxylic acids is 2. The largest absolute Gasteiger partial charge is 0.378 e. The Morgan fingerprint density at radius 2 is 1.83 bits per heavy atom. The molecule has 18 heavy (non-hydrogen) atoms. The number of likely N-dealkylation sites (tertiary alicyclic amines) is 1. The number of hydrogen-bond acceptors (Lipinski definition) is 4. The van der Waals surface area contributed by atoms with Crippen LogP contribution in [0.5, 0.6) is 0 Å². The van der Waals surface area contributed by atoms with Crippen LogP contribution in [0.15, 0.2) is 0 Å². The van der Waals surface area contributed by atoms with E-state index in [1.54, 1.807) is 0 Å². The zero-order valence-electron chi connectivity index (χ0n) is 10.9. The number of imide groups is 1. The molecule has 2 fully saturated rings. The number of nitrogens with zero attached hydrogens (tertiary/aromatic N) is 1. The maximum Gasteiger partial charge on any atom is 0.233 e. The van der Waals surface area contributed by atoms with Crippen LogP contribution >= 0.6 is 0 Å². The van der Waals surface area contributed by atoms with E-state index in [-0.39, 0.29) is 23.7 Å². The predicted octanol–water partition coefficient (Wildman–Crippen LogP) is 0.383. The van der Waals surface area contributed by atoms with Gasteiger partial charge in [-0.1, -0.05) is 13.3 Å². The summed E-state index contributed by atoms with van der Waals surface area (Å²) >= 11 is 0. The molecule has 1 aliphatic carbocycles. The second kappa shape index (κ2) is 5.80. The Balaban J connectivity index is 1.88. The molecule has 5 nitrogen and oxygen atoms in total. The molecule has 2 unspecified atom stereocenters. The number of amides is 2. The molecule has 0 aromatic rings. The van der Waals surface area contributed by atoms with Crippen molar-refractivity contribution >= 4 is 11.8 Å². The van der Waals surface area contributed by atoms with Crippen molar-refractivity contribution in [3.8, 4) is 0 Å². The first-order valence-electron chi connectivity index (χ1n) is 6.82. The smallest absolute Gasteiger partial charge is 0.233 e. The molecular formula is C13H22N2O3. The molecule has 0 aromatic heterocycles. The molecule has 2 atom stereocenters. The van der Waals surface area contributed by atoms with E-state index in [1.807, 2.05) is 0 Å². The van der Waals surface area contributed by atoms with Crippen LogP contribution < -0.4 is 5.73 Å². The third-order valence-corrected chi connectivity index (χ3v) is 4.13. The summed E-state index contributed by atoms with van der Waals surface area (Å²) in [6.07, 6.45) is 2.82. The van der Waals surface area contributed by atoms with Crippen LogP contribution in [0.25, 0.3) is 0 Å². The van der Waals surface area contributed by atoms with Crippen molar-refractivity contribution in [1.29, 1.82) is 0 Å². The van der Waals surface area contributed by atoms with E-state index < -0.39 is 0 Å². The van der Waals surface area contributed by atoms with E-state index in [2.05, 4.69) is 6.92 Å². The average Bonchev–Trinajstić information content (AvgIpc) is 2.89. The van der Waals surface area contributed by atoms with Crippen molar-refractivity contribution in [3.05, 3.63) is 0 Å². The number of nitrogens with two attached hydrogens (primary N) is 1. The average molecular weight is 254 g/mol. The summed E-state index contributed by atoms with van der Waals surface area (Å²) in [7, 11) is 0. The molecule has 2 N–H and O–H groups in total. The number of hydrogen-bond donors (Lipinski definition) is 1. The molecule has 0 spiro atoms. The molecule has 1 saturated heterocycles. The maximum atomic E-state index is 12.1. The van der Waals surface area contributed by atoms with E-state index in [9.17, 15) is 9.59 Å². The molecule has 0 bridgehead atoms. The quantitative estimate of drug-likeness (QED) is 0.549. The van der Waals surface area contributed by atoms with Crippen molar-refractivity contribution in [1.82, 2.24) is 4.90 Å². The Bertz CT molecular complexity index is 308. The van der Waals surface area contributed by atoms with Crippen molar-refractivity contribution in [2.24, 2.45) is 23.5 Å². The van der Waals surface area contributed by atoms with Crippen LogP contribution in [0.3, 0.4) is 0 Å². The van der Waals surface area contributed by atoms with Crippen molar-refractivity contribution in [3.63, 3.8) is 0 Å². The van der Waals surface area contributed by atoms with Crippen LogP contribution in [0.2, 0.25) is 0 Å². The lowest BCUT2D eigenvalue weighted by molar-refractivity contribution is -0.141. The highest BCUT2D eigenvalue weighted by Gasteiger charge is 2.51. The van der Waals surface area contributed by atoms with Gasteiger partial charge in [0.1, 0.15) is 0 Å². The van der Waals surface area contributed by atoms with Gasteiger partial charge in [0.25, 0.3) is 0 Å². The maximum absolute atomic E-state index is 12.1. The molecule has 2 rings (SSSR count). The normalized spacial score (nSPS) is 31.2. The monoisotopic (exact) mass is 254 g/mol. The van der Waals surface area contributed by atoms with Crippen LogP contribution in [-0.4, -0.2) is 43.0 Å². The lowest BCUT2D eigenvalue weighted by Crippen LogP contribution is -2.35. The first kappa shape index (κ1) is 13.5. The molecule has 1 saturated carbocycles. The zero-order chi connectivity index (χ0) is 13.1. The number of carbonyl (C=O) groups is 2. The third-order valence-electron chi connectivity index (χ3n) is 4.13. The molecule has 0 radical (unpaired) electrons. The van der Waals surface area contributed by atoms with Gasteiger partial charge in [0.05, 0.1) is 31.6 Å². The lowest BCUT2D eigenvalue weighted by atomic mass is 10.00. The molecule has 2 amide bonds. The van der Waals surface area contributed by atoms with E-state index >= 15 is 0 Å². The van der Waals surface area contributed by atoms with Gasteiger partial charge in [-0.25, -0.2) is 0 Å². The first-order valence-corrected chi connectivity index (χ1v) is 6.82. The Kier molecular flexibility index (Phi) is 4.35. The minimum atomic E-state index is -0.0584. The second-order valence-corrected chi connectivity index (χ2v) is 5.19. The molecule has 1 aliphatic heterocycles. The fourth-order valence-electron chi connectivity index (χ4n) is 3.09. The Labute approximate surface area is 108 Å². The van der Waals surface area contributed by atoms with Crippen molar-refractivity contribution in [2.45, 2.75) is 26.2 Å². The van der Waals surface area contributed by atoms with Gasteiger partial charge in [-0.3, -0.25) is 14.5 Å². The fourth-order valence-corrected chi connectivity index (χ4v) is 3.09. The molecule has 1 heterocycles. The highest BCUT2D eigenvalue weighted by Crippen LogP contribution is 2.44. The summed E-state index contributed by atoms with van der Waals surface area (Å²) in [5, 5.41) is 0. The summed E-state index contributed by atoms with van der Waals surface area (Å²) < 4.78 is 5.23. The molecular weight excluding hydrogens is 232 g/mol. The second-order valence-electron chi connectivity index (χ2n) is 5.19. The summed E-state index contributed by atoms with van der Waals surface area (Å²) in [5.74, 6) is 0.451. The number of ether oxygens (including phenoxy) is 1. The zero-order valence-corrected chi connectivity index (χ0v) is 10.9. The van der Waals surface area contributed by atoms with Gasteiger partial charge in [0.15, 0.2) is 0 Å². The Morgan fingerprint density at radius 3 is 2.33 bits per heavy atom. The van der Waals surface area contributed by atoms with E-state index in [0.29, 0.717) is 32.2 Å². The van der Waals surface area contributed by atoms with Gasteiger partial charge in [-0.15, -0.1) is 0 Å². The molecule has 102 valence electrons. The van der Waals surface area contributed by atoms with Crippen LogP contribution in [0, 0.1) is 17.8 Å². The van der Waals surface area contributed by atoms with Gasteiger partial charge >= 0.3 is 0 Å².